The third-order valence-electron chi connectivity index (χ3n) is 4.47. The van der Waals surface area contributed by atoms with E-state index in [1.54, 1.807) is 6.07 Å². The molecule has 3 aromatic carbocycles. The molecule has 0 amide bonds. The number of ether oxygens (including phenoxy) is 1. The third-order valence-corrected chi connectivity index (χ3v) is 4.47. The van der Waals surface area contributed by atoms with Gasteiger partial charge in [0.1, 0.15) is 11.3 Å². The zero-order valence-electron chi connectivity index (χ0n) is 15.8. The molecule has 4 nitrogen and oxygen atoms in total. The zero-order valence-corrected chi connectivity index (χ0v) is 15.8. The molecule has 0 saturated heterocycles. The smallest absolute Gasteiger partial charge is 0.227 e. The fraction of sp³-hybridized carbons (Fsp3) is 0.125. The highest BCUT2D eigenvalue weighted by Crippen LogP contribution is 2.27. The second-order valence-electron chi connectivity index (χ2n) is 6.66. The maximum Gasteiger partial charge on any atom is 0.227 e. The van der Waals surface area contributed by atoms with Crippen molar-refractivity contribution < 1.29 is 13.5 Å². The number of nitrogen functional groups attached to an aromatic ring is 1. The summed E-state index contributed by atoms with van der Waals surface area (Å²) in [4.78, 5) is 4.54. The normalized spacial score (nSPS) is 11.3. The van der Waals surface area contributed by atoms with E-state index < -0.39 is 0 Å². The number of nitrogens with two attached hydrogens (primary N) is 1. The van der Waals surface area contributed by atoms with E-state index in [9.17, 15) is 4.39 Å². The number of rotatable bonds is 7. The molecule has 0 atom stereocenters. The topological polar surface area (TPSA) is 61.3 Å². The number of nitrogens with zero attached hydrogens (tertiary/aromatic N) is 1. The summed E-state index contributed by atoms with van der Waals surface area (Å²) < 4.78 is 23.6. The third kappa shape index (κ3) is 4.63. The first-order chi connectivity index (χ1) is 14.2. The summed E-state index contributed by atoms with van der Waals surface area (Å²) in [6.45, 7) is -0.0474. The molecule has 0 fully saturated rings. The minimum absolute atomic E-state index is 0.342. The van der Waals surface area contributed by atoms with Gasteiger partial charge in [0.25, 0.3) is 0 Å². The summed E-state index contributed by atoms with van der Waals surface area (Å²) in [7, 11) is 0. The molecule has 0 saturated carbocycles. The van der Waals surface area contributed by atoms with Crippen molar-refractivity contribution in [3.8, 4) is 17.2 Å². The molecule has 0 unspecified atom stereocenters. The van der Waals surface area contributed by atoms with Crippen molar-refractivity contribution in [2.24, 2.45) is 0 Å². The maximum atomic E-state index is 12.2. The molecule has 1 aromatic heterocycles. The van der Waals surface area contributed by atoms with E-state index in [1.165, 1.54) is 0 Å². The predicted molar refractivity (Wildman–Crippen MR) is 115 cm³/mol. The van der Waals surface area contributed by atoms with Gasteiger partial charge in [0, 0.05) is 23.7 Å². The van der Waals surface area contributed by atoms with Crippen LogP contribution in [0.4, 0.5) is 10.1 Å². The Balaban J connectivity index is 1.49. The molecule has 146 valence electrons. The fourth-order valence-corrected chi connectivity index (χ4v) is 2.90. The van der Waals surface area contributed by atoms with Crippen LogP contribution in [0.3, 0.4) is 0 Å². The largest absolute Gasteiger partial charge is 0.493 e. The molecule has 0 bridgehead atoms. The van der Waals surface area contributed by atoms with Crippen molar-refractivity contribution in [1.29, 1.82) is 0 Å². The van der Waals surface area contributed by atoms with Crippen LogP contribution in [0.5, 0.6) is 5.75 Å². The van der Waals surface area contributed by atoms with Crippen LogP contribution in [0.15, 0.2) is 71.1 Å². The lowest BCUT2D eigenvalue weighted by molar-refractivity contribution is 0.290. The Hall–Kier alpha value is -3.60. The Bertz CT molecular complexity index is 1120. The minimum Gasteiger partial charge on any atom is -0.493 e. The van der Waals surface area contributed by atoms with Gasteiger partial charge in [-0.25, -0.2) is 4.98 Å². The Morgan fingerprint density at radius 2 is 1.62 bits per heavy atom. The van der Waals surface area contributed by atoms with E-state index in [1.807, 2.05) is 72.8 Å². The number of aromatic nitrogens is 1. The summed E-state index contributed by atoms with van der Waals surface area (Å²) in [6.07, 6.45) is 4.46. The quantitative estimate of drug-likeness (QED) is 0.240. The molecule has 29 heavy (non-hydrogen) atoms. The van der Waals surface area contributed by atoms with Crippen molar-refractivity contribution in [1.82, 2.24) is 4.98 Å². The lowest BCUT2D eigenvalue weighted by atomic mass is 10.1. The lowest BCUT2D eigenvalue weighted by Crippen LogP contribution is -1.97. The zero-order chi connectivity index (χ0) is 20.1. The number of halogens is 1. The summed E-state index contributed by atoms with van der Waals surface area (Å²) in [6, 6.07) is 21.2. The van der Waals surface area contributed by atoms with Gasteiger partial charge >= 0.3 is 0 Å². The molecule has 0 aliphatic heterocycles. The van der Waals surface area contributed by atoms with Crippen molar-refractivity contribution in [2.75, 3.05) is 19.0 Å². The van der Waals surface area contributed by atoms with Gasteiger partial charge in [-0.15, -0.1) is 0 Å². The number of anilines is 1. The number of oxazole rings is 1. The van der Waals surface area contributed by atoms with Gasteiger partial charge in [0.05, 0.1) is 13.3 Å². The molecule has 0 radical (unpaired) electrons. The number of hydrogen-bond donors (Lipinski definition) is 1. The molecule has 1 heterocycles. The van der Waals surface area contributed by atoms with Gasteiger partial charge in [-0.05, 0) is 47.5 Å². The van der Waals surface area contributed by atoms with E-state index in [4.69, 9.17) is 14.9 Å². The Morgan fingerprint density at radius 3 is 2.31 bits per heavy atom. The molecule has 4 aromatic rings. The molecule has 0 aliphatic rings. The maximum absolute atomic E-state index is 12.2. The minimum atomic E-state index is -0.389. The number of alkyl halides is 1. The van der Waals surface area contributed by atoms with Crippen LogP contribution in [0.1, 0.15) is 17.5 Å². The Labute approximate surface area is 168 Å². The van der Waals surface area contributed by atoms with E-state index in [2.05, 4.69) is 4.98 Å². The van der Waals surface area contributed by atoms with Crippen LogP contribution in [-0.2, 0) is 0 Å². The number of hydrogen-bond acceptors (Lipinski definition) is 4. The lowest BCUT2D eigenvalue weighted by Gasteiger charge is -2.03. The fourth-order valence-electron chi connectivity index (χ4n) is 2.90. The molecule has 5 heteroatoms. The molecule has 0 spiro atoms. The molecular weight excluding hydrogens is 367 g/mol. The van der Waals surface area contributed by atoms with Gasteiger partial charge in [-0.1, -0.05) is 36.4 Å². The first-order valence-corrected chi connectivity index (χ1v) is 9.45. The highest BCUT2D eigenvalue weighted by Gasteiger charge is 2.09. The van der Waals surface area contributed by atoms with Crippen LogP contribution < -0.4 is 10.5 Å². The van der Waals surface area contributed by atoms with Crippen molar-refractivity contribution >= 4 is 28.9 Å². The second kappa shape index (κ2) is 8.61. The van der Waals surface area contributed by atoms with Gasteiger partial charge in [-0.2, -0.15) is 0 Å². The average Bonchev–Trinajstić information content (AvgIpc) is 3.17. The van der Waals surface area contributed by atoms with Crippen LogP contribution in [0.25, 0.3) is 34.7 Å². The summed E-state index contributed by atoms with van der Waals surface area (Å²) in [5.74, 6) is 1.20. The van der Waals surface area contributed by atoms with Crippen molar-refractivity contribution in [3.63, 3.8) is 0 Å². The van der Waals surface area contributed by atoms with E-state index in [0.717, 1.165) is 27.9 Å². The number of benzene rings is 3. The predicted octanol–water partition coefficient (Wildman–Crippen LogP) is 5.99. The first-order valence-electron chi connectivity index (χ1n) is 9.45. The average molecular weight is 388 g/mol. The van der Waals surface area contributed by atoms with E-state index in [-0.39, 0.29) is 6.67 Å². The second-order valence-corrected chi connectivity index (χ2v) is 6.66. The monoisotopic (exact) mass is 388 g/mol. The molecule has 0 aliphatic carbocycles. The highest BCUT2D eigenvalue weighted by atomic mass is 19.1. The molecular formula is C24H21FN2O2. The van der Waals surface area contributed by atoms with Crippen LogP contribution in [-0.4, -0.2) is 18.3 Å². The van der Waals surface area contributed by atoms with Crippen molar-refractivity contribution in [2.45, 2.75) is 6.42 Å². The van der Waals surface area contributed by atoms with Crippen LogP contribution in [0.2, 0.25) is 0 Å². The standard InChI is InChI=1S/C24H21FN2O2/c25-14-1-15-28-21-12-13-22-23(16-21)29-24(27-22)19-8-4-17(5-9-19)2-3-18-6-10-20(26)11-7-18/h2-13,16H,1,14-15,26H2/b3-2+. The first kappa shape index (κ1) is 18.7. The van der Waals surface area contributed by atoms with Gasteiger partial charge in [-0.3, -0.25) is 4.39 Å². The van der Waals surface area contributed by atoms with Gasteiger partial charge < -0.3 is 14.9 Å². The Kier molecular flexibility index (Phi) is 5.56. The Morgan fingerprint density at radius 1 is 0.931 bits per heavy atom. The summed E-state index contributed by atoms with van der Waals surface area (Å²) in [5, 5.41) is 0. The van der Waals surface area contributed by atoms with E-state index in [0.29, 0.717) is 30.3 Å². The number of fused-ring (bicyclic) bond motifs is 1. The SMILES string of the molecule is Nc1ccc(/C=C/c2ccc(-c3nc4ccc(OCCCF)cc4o3)cc2)cc1. The summed E-state index contributed by atoms with van der Waals surface area (Å²) >= 11 is 0. The highest BCUT2D eigenvalue weighted by molar-refractivity contribution is 5.78. The van der Waals surface area contributed by atoms with E-state index >= 15 is 0 Å². The molecule has 2 N–H and O–H groups in total. The van der Waals surface area contributed by atoms with Gasteiger partial charge in [0.2, 0.25) is 5.89 Å². The van der Waals surface area contributed by atoms with Gasteiger partial charge in [0.15, 0.2) is 5.58 Å². The van der Waals surface area contributed by atoms with Crippen LogP contribution >= 0.6 is 0 Å². The summed E-state index contributed by atoms with van der Waals surface area (Å²) in [5.41, 5.74) is 10.9. The van der Waals surface area contributed by atoms with Crippen LogP contribution in [0, 0.1) is 0 Å². The van der Waals surface area contributed by atoms with Crippen molar-refractivity contribution in [3.05, 3.63) is 77.9 Å². The molecule has 4 rings (SSSR count).